The van der Waals surface area contributed by atoms with E-state index in [0.717, 1.165) is 95.0 Å². The largest absolute Gasteiger partial charge is 0.493 e. The van der Waals surface area contributed by atoms with E-state index in [-0.39, 0.29) is 80.2 Å². The number of aryl methyl sites for hydroxylation is 1. The van der Waals surface area contributed by atoms with E-state index in [9.17, 15) is 13.2 Å². The molecule has 7 aromatic rings. The molecule has 117 heavy (non-hydrogen) atoms. The Morgan fingerprint density at radius 3 is 1.33 bits per heavy atom. The molecule has 4 aliphatic carbocycles. The van der Waals surface area contributed by atoms with Crippen LogP contribution in [0.1, 0.15) is 199 Å². The van der Waals surface area contributed by atoms with Crippen LogP contribution in [0.4, 0.5) is 34.9 Å². The Labute approximate surface area is 718 Å². The molecule has 32 heteroatoms. The highest BCUT2D eigenvalue weighted by Crippen LogP contribution is 2.34. The summed E-state index contributed by atoms with van der Waals surface area (Å²) in [5, 5.41) is 31.5. The highest BCUT2D eigenvalue weighted by molar-refractivity contribution is 7.86. The fourth-order valence-corrected chi connectivity index (χ4v) is 14.6. The number of aliphatic hydroxyl groups is 1. The number of H-pyrrole nitrogens is 1. The molecule has 0 unspecified atom stereocenters. The minimum absolute atomic E-state index is 0. The van der Waals surface area contributed by atoms with Crippen molar-refractivity contribution in [3.8, 4) is 41.1 Å². The zero-order chi connectivity index (χ0) is 79.1. The molecule has 3 atom stereocenters. The zero-order valence-electron chi connectivity index (χ0n) is 62.6. The van der Waals surface area contributed by atoms with Crippen molar-refractivity contribution in [1.82, 2.24) is 45.0 Å². The predicted molar refractivity (Wildman–Crippen MR) is 480 cm³/mol. The molecule has 7 aliphatic rings. The molecule has 0 amide bonds. The number of nitriles is 2. The van der Waals surface area contributed by atoms with Crippen LogP contribution >= 0.6 is 46.4 Å². The van der Waals surface area contributed by atoms with Gasteiger partial charge >= 0.3 is 0 Å². The minimum atomic E-state index is -3.56. The summed E-state index contributed by atoms with van der Waals surface area (Å²) in [7, 11) is -3.56. The van der Waals surface area contributed by atoms with Crippen LogP contribution in [0.15, 0.2) is 120 Å². The molecule has 7 fully saturated rings. The van der Waals surface area contributed by atoms with Gasteiger partial charge in [-0.1, -0.05) is 167 Å². The molecule has 3 saturated heterocycles. The van der Waals surface area contributed by atoms with Crippen molar-refractivity contribution in [3.05, 3.63) is 146 Å². The Morgan fingerprint density at radius 1 is 0.487 bits per heavy atom. The van der Waals surface area contributed by atoms with Gasteiger partial charge in [-0.15, -0.1) is 0 Å². The molecular weight excluding hydrogens is 1590 g/mol. The van der Waals surface area contributed by atoms with Gasteiger partial charge in [0.05, 0.1) is 55.4 Å². The molecule has 1 aromatic carbocycles. The first-order chi connectivity index (χ1) is 53.1. The lowest BCUT2D eigenvalue weighted by molar-refractivity contribution is 0.219. The summed E-state index contributed by atoms with van der Waals surface area (Å²) in [6.07, 6.45) is 40.1. The normalized spacial score (nSPS) is 16.9. The quantitative estimate of drug-likeness (QED) is 0.0253. The number of nitrogens with zero attached hydrogens (tertiary/aromatic N) is 9. The number of anilines is 6. The second kappa shape index (κ2) is 59.0. The summed E-state index contributed by atoms with van der Waals surface area (Å²) in [5.74, 6) is 8.03. The summed E-state index contributed by atoms with van der Waals surface area (Å²) in [5.41, 5.74) is 34.0. The van der Waals surface area contributed by atoms with Crippen LogP contribution < -0.4 is 68.8 Å². The van der Waals surface area contributed by atoms with E-state index in [1.165, 1.54) is 133 Å². The van der Waals surface area contributed by atoms with Crippen LogP contribution in [0.25, 0.3) is 0 Å². The van der Waals surface area contributed by atoms with Crippen LogP contribution in [0, 0.1) is 53.5 Å². The smallest absolute Gasteiger partial charge is 0.296 e. The molecular formula is C85H135Cl4N17O10S. The van der Waals surface area contributed by atoms with Gasteiger partial charge in [0.15, 0.2) is 17.8 Å². The second-order valence-corrected chi connectivity index (χ2v) is 31.1. The minimum Gasteiger partial charge on any atom is -0.493 e. The maximum absolute atomic E-state index is 11.9. The molecule has 6 aromatic heterocycles. The zero-order valence-corrected chi connectivity index (χ0v) is 66.4. The van der Waals surface area contributed by atoms with E-state index in [2.05, 4.69) is 47.6 Å². The fourth-order valence-electron chi connectivity index (χ4n) is 13.0. The first-order valence-electron chi connectivity index (χ1n) is 37.6. The van der Waals surface area contributed by atoms with Crippen molar-refractivity contribution < 1.29 is 41.4 Å². The number of nitrogens with two attached hydrogens (primary N) is 6. The number of hydrogen-bond donors (Lipinski definition) is 9. The standard InChI is InChI=1S/C13H18O3S.2C11H13ClN4O.C11H15ClN2O.C11H16N2O.C10H14ClN3O.C6H12O.C5H6N2O.7CH4/c1-11-6-8-13(9-7-11)17(14,15)16-10-12-4-2-3-5-12;12-10-9(3-4-15-11(10)14)17-6-8-2-1-5-16(8)7-13;12-9-5-15-11(14)4-10(9)17-6-8-2-1-3-16(8)7-13;12-9-6-14-11(13)5-10(9)15-7-8-3-1-2-4-8;12-11-7-10(5-6-13-11)14-8-9-3-1-2-4-9;11-8-5-14-10(12)4-9(8)15-6-7-2-1-3-13-7;7-5-6-3-1-2-4-6;6-5-3-4(8)1-2-7-5;;;;;;;/h6-9,12H,2-5,10H2,1H3;3-4,8H,1-2,5-6H2,(H2,14,15);4-5,8H,1-3,6H2,(H2,14,15);5-6,8H,1-4,7H2,(H2,13,14);5-7,9H,1-4,8H2,(H2,12,13);4-5,7,13H,1-3,6H2,(H2,12,14);6-7H,1-5H2;1-3H,(H3,6,7,8);7*1H4/t;2*8-;;;7-;;;;;;;;;/m.00..0........./s1. The molecule has 3 aliphatic heterocycles. The van der Waals surface area contributed by atoms with Gasteiger partial charge in [0, 0.05) is 86.8 Å². The first-order valence-corrected chi connectivity index (χ1v) is 40.6. The average Bonchev–Trinajstić information content (AvgIpc) is 1.28. The van der Waals surface area contributed by atoms with E-state index in [4.69, 9.17) is 124 Å². The van der Waals surface area contributed by atoms with Crippen LogP contribution in [-0.2, 0) is 14.3 Å². The Hall–Kier alpha value is -8.71. The van der Waals surface area contributed by atoms with E-state index in [1.54, 1.807) is 76.8 Å². The number of aromatic amines is 1. The van der Waals surface area contributed by atoms with Gasteiger partial charge in [0.1, 0.15) is 104 Å². The van der Waals surface area contributed by atoms with Gasteiger partial charge in [-0.05, 0) is 145 Å². The van der Waals surface area contributed by atoms with E-state index in [0.29, 0.717) is 129 Å². The molecule has 0 spiro atoms. The molecule has 15 N–H and O–H groups in total. The first kappa shape index (κ1) is 108. The maximum Gasteiger partial charge on any atom is 0.296 e. The van der Waals surface area contributed by atoms with Crippen molar-refractivity contribution in [2.45, 2.75) is 223 Å². The molecule has 0 radical (unpaired) electrons. The number of rotatable bonds is 20. The number of nitrogen functional groups attached to an aromatic ring is 6. The summed E-state index contributed by atoms with van der Waals surface area (Å²) in [4.78, 5) is 36.1. The Balaban J connectivity index is 0.00000132. The molecule has 0 bridgehead atoms. The number of halogens is 4. The number of ether oxygens (including phenoxy) is 5. The average molecular weight is 1730 g/mol. The van der Waals surface area contributed by atoms with E-state index in [1.807, 2.05) is 13.0 Å². The molecule has 27 nitrogen and oxygen atoms in total. The van der Waals surface area contributed by atoms with Gasteiger partial charge in [-0.25, -0.2) is 24.9 Å². The van der Waals surface area contributed by atoms with Crippen LogP contribution in [0.5, 0.6) is 28.7 Å². The number of aromatic nitrogens is 6. The van der Waals surface area contributed by atoms with Gasteiger partial charge < -0.3 is 83.3 Å². The number of aliphatic hydroxyl groups excluding tert-OH is 1. The van der Waals surface area contributed by atoms with Crippen molar-refractivity contribution in [1.29, 1.82) is 10.5 Å². The lowest BCUT2D eigenvalue weighted by Gasteiger charge is -2.19. The van der Waals surface area contributed by atoms with E-state index < -0.39 is 10.1 Å². The highest BCUT2D eigenvalue weighted by atomic mass is 35.5. The molecule has 14 rings (SSSR count). The SMILES string of the molecule is C.C.C.C.C.C.C.Cc1ccc(S(=O)(=O)OCC2CCCC2)cc1.N#CN1CCC[C@H]1COc1cc(N)ncc1Cl.N#CN1CCC[C@H]1COc1ccnc(N)c1Cl.Nc1cc(=O)cc[nH]1.Nc1cc(OCC2CCCC2)c(Cl)cn1.Nc1cc(OCC2CCCC2)ccn1.Nc1cc(OC[C@@H]2CCCN2)c(Cl)cn1.OCC1CCCC1. The topological polar surface area (TPSA) is 429 Å². The predicted octanol–water partition coefficient (Wildman–Crippen LogP) is 18.3. The lowest BCUT2D eigenvalue weighted by Crippen LogP contribution is -2.30. The van der Waals surface area contributed by atoms with Crippen LogP contribution in [0.3, 0.4) is 0 Å². The molecule has 9 heterocycles. The van der Waals surface area contributed by atoms with Crippen molar-refractivity contribution in [3.63, 3.8) is 0 Å². The van der Waals surface area contributed by atoms with Crippen LogP contribution in [-0.4, -0.2) is 137 Å². The Bertz CT molecular complexity index is 4020. The summed E-state index contributed by atoms with van der Waals surface area (Å²) in [6.45, 7) is 8.42. The monoisotopic (exact) mass is 1730 g/mol. The fraction of sp³-hybridized carbons (Fsp3) is 0.553. The molecule has 4 saturated carbocycles. The van der Waals surface area contributed by atoms with Crippen molar-refractivity contribution in [2.75, 3.05) is 100 Å². The number of likely N-dealkylation sites (tertiary alicyclic amines) is 2. The van der Waals surface area contributed by atoms with Gasteiger partial charge in [0.25, 0.3) is 10.1 Å². The second-order valence-electron chi connectivity index (χ2n) is 27.9. The summed E-state index contributed by atoms with van der Waals surface area (Å²) in [6, 6.07) is 20.4. The molecule has 654 valence electrons. The number of benzene rings is 1. The Morgan fingerprint density at radius 2 is 0.915 bits per heavy atom. The number of pyridine rings is 6. The van der Waals surface area contributed by atoms with Gasteiger partial charge in [0.2, 0.25) is 0 Å². The lowest BCUT2D eigenvalue weighted by atomic mass is 10.1. The van der Waals surface area contributed by atoms with Crippen molar-refractivity contribution >= 4 is 91.4 Å². The van der Waals surface area contributed by atoms with Gasteiger partial charge in [-0.3, -0.25) is 8.98 Å². The third kappa shape index (κ3) is 40.1. The summed E-state index contributed by atoms with van der Waals surface area (Å²) < 4.78 is 56.9. The Kier molecular flexibility index (Phi) is 54.6. The summed E-state index contributed by atoms with van der Waals surface area (Å²) >= 11 is 23.7. The third-order valence-electron chi connectivity index (χ3n) is 19.3. The van der Waals surface area contributed by atoms with Crippen LogP contribution in [0.2, 0.25) is 20.1 Å². The van der Waals surface area contributed by atoms with Crippen molar-refractivity contribution in [2.24, 2.45) is 23.7 Å². The van der Waals surface area contributed by atoms with Gasteiger partial charge in [-0.2, -0.15) is 18.9 Å². The third-order valence-corrected chi connectivity index (χ3v) is 21.8. The maximum atomic E-state index is 11.9. The number of nitrogens with one attached hydrogen (secondary N) is 2. The van der Waals surface area contributed by atoms with E-state index >= 15 is 0 Å². The highest BCUT2D eigenvalue weighted by Gasteiger charge is 2.27. The number of hydrogen-bond acceptors (Lipinski definition) is 26.